The minimum absolute atomic E-state index is 0.126. The van der Waals surface area contributed by atoms with Gasteiger partial charge in [0.2, 0.25) is 11.8 Å². The highest BCUT2D eigenvalue weighted by Gasteiger charge is 2.22. The second-order valence-corrected chi connectivity index (χ2v) is 4.44. The van der Waals surface area contributed by atoms with Gasteiger partial charge in [-0.2, -0.15) is 0 Å². The molecule has 1 unspecified atom stereocenters. The zero-order chi connectivity index (χ0) is 13.4. The number of nitrogens with zero attached hydrogens (tertiary/aromatic N) is 1. The van der Waals surface area contributed by atoms with Crippen LogP contribution in [-0.2, 0) is 14.3 Å². The van der Waals surface area contributed by atoms with Crippen molar-refractivity contribution in [3.05, 3.63) is 12.2 Å². The summed E-state index contributed by atoms with van der Waals surface area (Å²) in [4.78, 5) is 25.2. The van der Waals surface area contributed by atoms with Crippen molar-refractivity contribution in [1.29, 1.82) is 0 Å². The Morgan fingerprint density at radius 1 is 1.50 bits per heavy atom. The number of nitrogens with one attached hydrogen (secondary N) is 1. The quantitative estimate of drug-likeness (QED) is 0.746. The molecule has 0 radical (unpaired) electrons. The number of amides is 2. The van der Waals surface area contributed by atoms with E-state index in [2.05, 4.69) is 5.32 Å². The van der Waals surface area contributed by atoms with Gasteiger partial charge in [0.25, 0.3) is 0 Å². The Balaban J connectivity index is 2.45. The Bertz CT molecular complexity index is 315. The van der Waals surface area contributed by atoms with Crippen molar-refractivity contribution in [3.63, 3.8) is 0 Å². The summed E-state index contributed by atoms with van der Waals surface area (Å²) in [7, 11) is 1.57. The van der Waals surface area contributed by atoms with E-state index in [4.69, 9.17) is 4.74 Å². The van der Waals surface area contributed by atoms with Gasteiger partial charge < -0.3 is 15.0 Å². The monoisotopic (exact) mass is 254 g/mol. The van der Waals surface area contributed by atoms with Gasteiger partial charge in [-0.15, -0.1) is 0 Å². The summed E-state index contributed by atoms with van der Waals surface area (Å²) in [5.74, 6) is -0.0715. The zero-order valence-corrected chi connectivity index (χ0v) is 11.1. The molecule has 0 aromatic heterocycles. The molecule has 1 fully saturated rings. The first kappa shape index (κ1) is 14.7. The largest absolute Gasteiger partial charge is 0.381 e. The summed E-state index contributed by atoms with van der Waals surface area (Å²) in [6.45, 7) is 2.97. The van der Waals surface area contributed by atoms with Crippen LogP contribution in [0.2, 0.25) is 0 Å². The maximum Gasteiger partial charge on any atom is 0.245 e. The normalized spacial score (nSPS) is 18.8. The molecule has 5 nitrogen and oxygen atoms in total. The van der Waals surface area contributed by atoms with E-state index in [-0.39, 0.29) is 18.0 Å². The van der Waals surface area contributed by atoms with Crippen LogP contribution >= 0.6 is 0 Å². The number of likely N-dealkylation sites (tertiary alicyclic amines) is 1. The summed E-state index contributed by atoms with van der Waals surface area (Å²) < 4.78 is 4.82. The Morgan fingerprint density at radius 3 is 3.00 bits per heavy atom. The molecule has 2 amide bonds. The lowest BCUT2D eigenvalue weighted by Gasteiger charge is -2.28. The Hall–Kier alpha value is -1.36. The van der Waals surface area contributed by atoms with E-state index < -0.39 is 0 Å². The van der Waals surface area contributed by atoms with E-state index in [1.807, 2.05) is 6.92 Å². The highest BCUT2D eigenvalue weighted by molar-refractivity contribution is 5.88. The third-order valence-corrected chi connectivity index (χ3v) is 2.96. The maximum absolute atomic E-state index is 11.8. The number of ether oxygens (including phenoxy) is 1. The molecular weight excluding hydrogens is 232 g/mol. The molecular formula is C13H22N2O3. The molecule has 1 aliphatic rings. The smallest absolute Gasteiger partial charge is 0.245 e. The number of hydrogen-bond donors (Lipinski definition) is 1. The molecule has 1 N–H and O–H groups in total. The molecule has 0 bridgehead atoms. The van der Waals surface area contributed by atoms with Crippen LogP contribution in [-0.4, -0.2) is 43.1 Å². The van der Waals surface area contributed by atoms with E-state index in [1.165, 1.54) is 6.08 Å². The van der Waals surface area contributed by atoms with Gasteiger partial charge in [-0.05, 0) is 19.8 Å². The highest BCUT2D eigenvalue weighted by atomic mass is 16.5. The summed E-state index contributed by atoms with van der Waals surface area (Å²) in [5.41, 5.74) is 0. The topological polar surface area (TPSA) is 58.6 Å². The maximum atomic E-state index is 11.8. The van der Waals surface area contributed by atoms with E-state index in [0.717, 1.165) is 25.8 Å². The lowest BCUT2D eigenvalue weighted by molar-refractivity contribution is -0.134. The average Bonchev–Trinajstić information content (AvgIpc) is 2.54. The van der Waals surface area contributed by atoms with Gasteiger partial charge in [-0.25, -0.2) is 0 Å². The van der Waals surface area contributed by atoms with E-state index >= 15 is 0 Å². The molecule has 1 saturated heterocycles. The van der Waals surface area contributed by atoms with Crippen LogP contribution in [0.1, 0.15) is 32.6 Å². The molecule has 102 valence electrons. The van der Waals surface area contributed by atoms with Crippen molar-refractivity contribution in [2.45, 2.75) is 38.8 Å². The van der Waals surface area contributed by atoms with Crippen LogP contribution in [0.3, 0.4) is 0 Å². The fourth-order valence-electron chi connectivity index (χ4n) is 2.00. The molecule has 0 aromatic carbocycles. The van der Waals surface area contributed by atoms with Crippen molar-refractivity contribution >= 4 is 11.8 Å². The third kappa shape index (κ3) is 4.87. The predicted molar refractivity (Wildman–Crippen MR) is 68.8 cm³/mol. The number of hydrogen-bond acceptors (Lipinski definition) is 3. The Labute approximate surface area is 108 Å². The van der Waals surface area contributed by atoms with Crippen LogP contribution in [0.25, 0.3) is 0 Å². The average molecular weight is 254 g/mol. The first-order valence-corrected chi connectivity index (χ1v) is 6.40. The summed E-state index contributed by atoms with van der Waals surface area (Å²) in [6, 6.07) is 0. The molecule has 5 heteroatoms. The van der Waals surface area contributed by atoms with Crippen LogP contribution in [0.4, 0.5) is 0 Å². The zero-order valence-electron chi connectivity index (χ0n) is 11.1. The molecule has 0 aromatic rings. The fraction of sp³-hybridized carbons (Fsp3) is 0.692. The second kappa shape index (κ2) is 7.87. The van der Waals surface area contributed by atoms with Gasteiger partial charge in [-0.1, -0.05) is 12.5 Å². The van der Waals surface area contributed by atoms with Gasteiger partial charge in [0.05, 0.1) is 6.61 Å². The van der Waals surface area contributed by atoms with Gasteiger partial charge in [-0.3, -0.25) is 9.59 Å². The Kier molecular flexibility index (Phi) is 6.43. The van der Waals surface area contributed by atoms with Gasteiger partial charge in [0, 0.05) is 26.2 Å². The first-order valence-electron chi connectivity index (χ1n) is 6.40. The van der Waals surface area contributed by atoms with Crippen LogP contribution in [0.15, 0.2) is 12.2 Å². The van der Waals surface area contributed by atoms with Crippen LogP contribution < -0.4 is 5.32 Å². The van der Waals surface area contributed by atoms with Crippen molar-refractivity contribution in [3.8, 4) is 0 Å². The van der Waals surface area contributed by atoms with Crippen LogP contribution in [0, 0.1) is 0 Å². The minimum atomic E-state index is -0.254. The van der Waals surface area contributed by atoms with E-state index in [1.54, 1.807) is 18.1 Å². The minimum Gasteiger partial charge on any atom is -0.381 e. The predicted octanol–water partition coefficient (Wildman–Crippen LogP) is 1.05. The highest BCUT2D eigenvalue weighted by Crippen LogP contribution is 2.12. The lowest BCUT2D eigenvalue weighted by Crippen LogP contribution is -2.48. The van der Waals surface area contributed by atoms with Crippen molar-refractivity contribution in [2.75, 3.05) is 20.3 Å². The molecule has 1 heterocycles. The van der Waals surface area contributed by atoms with E-state index in [9.17, 15) is 9.59 Å². The fourth-order valence-corrected chi connectivity index (χ4v) is 2.00. The summed E-state index contributed by atoms with van der Waals surface area (Å²) >= 11 is 0. The SMILES string of the molecule is COC/C=C\C(=O)NC(C)N1CCCCCC1=O. The van der Waals surface area contributed by atoms with Crippen molar-refractivity contribution in [1.82, 2.24) is 10.2 Å². The molecule has 1 atom stereocenters. The molecule has 0 spiro atoms. The summed E-state index contributed by atoms with van der Waals surface area (Å²) in [5, 5.41) is 2.79. The molecule has 0 saturated carbocycles. The van der Waals surface area contributed by atoms with Gasteiger partial charge in [0.1, 0.15) is 6.17 Å². The number of rotatable bonds is 5. The number of carbonyl (C=O) groups excluding carboxylic acids is 2. The Morgan fingerprint density at radius 2 is 2.28 bits per heavy atom. The van der Waals surface area contributed by atoms with Crippen LogP contribution in [0.5, 0.6) is 0 Å². The van der Waals surface area contributed by atoms with Gasteiger partial charge in [0.15, 0.2) is 0 Å². The molecule has 1 aliphatic heterocycles. The lowest BCUT2D eigenvalue weighted by atomic mass is 10.2. The molecule has 1 rings (SSSR count). The number of carbonyl (C=O) groups is 2. The molecule has 18 heavy (non-hydrogen) atoms. The second-order valence-electron chi connectivity index (χ2n) is 4.44. The third-order valence-electron chi connectivity index (χ3n) is 2.96. The number of methoxy groups -OCH3 is 1. The van der Waals surface area contributed by atoms with E-state index in [0.29, 0.717) is 13.0 Å². The standard InChI is InChI=1S/C13H22N2O3/c1-11(14-12(16)7-6-10-18-2)15-9-5-3-4-8-13(15)17/h6-7,11H,3-5,8-10H2,1-2H3,(H,14,16)/b7-6-. The molecule has 0 aliphatic carbocycles. The first-order chi connectivity index (χ1) is 8.65. The van der Waals surface area contributed by atoms with Gasteiger partial charge >= 0.3 is 0 Å². The van der Waals surface area contributed by atoms with Crippen molar-refractivity contribution < 1.29 is 14.3 Å². The van der Waals surface area contributed by atoms with Crippen molar-refractivity contribution in [2.24, 2.45) is 0 Å². The summed E-state index contributed by atoms with van der Waals surface area (Å²) in [6.07, 6.45) is 6.44.